The van der Waals surface area contributed by atoms with Crippen molar-refractivity contribution >= 4 is 35.0 Å². The van der Waals surface area contributed by atoms with Crippen LogP contribution in [-0.4, -0.2) is 61.7 Å². The molecule has 5 atom stereocenters. The van der Waals surface area contributed by atoms with Crippen LogP contribution in [0.15, 0.2) is 71.7 Å². The van der Waals surface area contributed by atoms with E-state index in [9.17, 15) is 4.79 Å². The lowest BCUT2D eigenvalue weighted by atomic mass is 9.66. The van der Waals surface area contributed by atoms with Gasteiger partial charge in [0.05, 0.1) is 31.1 Å². The summed E-state index contributed by atoms with van der Waals surface area (Å²) >= 11 is 8.21. The molecule has 9 heteroatoms. The van der Waals surface area contributed by atoms with E-state index in [-0.39, 0.29) is 17.5 Å². The second kappa shape index (κ2) is 14.2. The Morgan fingerprint density at radius 2 is 2.00 bits per heavy atom. The van der Waals surface area contributed by atoms with E-state index in [0.717, 1.165) is 85.4 Å². The quantitative estimate of drug-likeness (QED) is 0.0981. The summed E-state index contributed by atoms with van der Waals surface area (Å²) < 4.78 is 18.0. The van der Waals surface area contributed by atoms with Crippen LogP contribution in [0.5, 0.6) is 5.75 Å². The standard InChI is InChI=1S/C38H44ClN3O4S/c1-44-35(26-8-6-25(7-9-26)22-47-37-40-17-4-18-41-37)31-13-10-29(31)21-42-23-38(16-3-5-27-19-30(39)12-14-32(27)38)24-46-34-15-11-28(20-33(34)42)36(43)45-2/h4,8,11-12,14-15,17-20,25,29,31,35H,3,5-7,9-10,13,16,21-24H2,1-2H3/t25-,29+,31-,35-,38?/m1/s1. The Bertz CT molecular complexity index is 1620. The van der Waals surface area contributed by atoms with Gasteiger partial charge >= 0.3 is 5.97 Å². The van der Waals surface area contributed by atoms with Gasteiger partial charge in [0.25, 0.3) is 0 Å². The average molecular weight is 674 g/mol. The zero-order valence-corrected chi connectivity index (χ0v) is 28.9. The van der Waals surface area contributed by atoms with Crippen molar-refractivity contribution in [3.05, 3.63) is 88.2 Å². The first-order valence-electron chi connectivity index (χ1n) is 17.0. The number of halogens is 1. The van der Waals surface area contributed by atoms with E-state index in [2.05, 4.69) is 33.1 Å². The minimum absolute atomic E-state index is 0.135. The molecule has 1 unspecified atom stereocenters. The van der Waals surface area contributed by atoms with Crippen LogP contribution in [0.3, 0.4) is 0 Å². The highest BCUT2D eigenvalue weighted by molar-refractivity contribution is 7.99. The van der Waals surface area contributed by atoms with Crippen LogP contribution in [0.25, 0.3) is 0 Å². The fraction of sp³-hybridized carbons (Fsp3) is 0.500. The number of hydrogen-bond acceptors (Lipinski definition) is 8. The molecular weight excluding hydrogens is 630 g/mol. The van der Waals surface area contributed by atoms with Gasteiger partial charge in [-0.2, -0.15) is 0 Å². The molecule has 1 aromatic heterocycles. The molecule has 2 aromatic carbocycles. The van der Waals surface area contributed by atoms with Crippen molar-refractivity contribution in [1.82, 2.24) is 9.97 Å². The minimum Gasteiger partial charge on any atom is -0.490 e. The Hall–Kier alpha value is -3.07. The molecule has 1 aliphatic heterocycles. The fourth-order valence-electron chi connectivity index (χ4n) is 8.33. The highest BCUT2D eigenvalue weighted by Gasteiger charge is 2.45. The van der Waals surface area contributed by atoms with Gasteiger partial charge in [0, 0.05) is 48.8 Å². The summed E-state index contributed by atoms with van der Waals surface area (Å²) in [7, 11) is 3.32. The summed E-state index contributed by atoms with van der Waals surface area (Å²) in [6.07, 6.45) is 15.0. The highest BCUT2D eigenvalue weighted by atomic mass is 35.5. The van der Waals surface area contributed by atoms with Gasteiger partial charge in [-0.05, 0) is 122 Å². The first kappa shape index (κ1) is 32.5. The maximum absolute atomic E-state index is 12.6. The van der Waals surface area contributed by atoms with Crippen molar-refractivity contribution in [3.63, 3.8) is 0 Å². The number of rotatable bonds is 9. The molecule has 7 nitrogen and oxygen atoms in total. The van der Waals surface area contributed by atoms with Gasteiger partial charge in [0.2, 0.25) is 0 Å². The molecule has 0 radical (unpaired) electrons. The molecule has 3 aliphatic carbocycles. The predicted molar refractivity (Wildman–Crippen MR) is 187 cm³/mol. The summed E-state index contributed by atoms with van der Waals surface area (Å²) in [5.41, 5.74) is 5.49. The number of fused-ring (bicyclic) bond motifs is 3. The lowest BCUT2D eigenvalue weighted by molar-refractivity contribution is 0.00323. The van der Waals surface area contributed by atoms with Gasteiger partial charge in [-0.3, -0.25) is 0 Å². The van der Waals surface area contributed by atoms with E-state index < -0.39 is 0 Å². The van der Waals surface area contributed by atoms with Crippen molar-refractivity contribution in [3.8, 4) is 5.75 Å². The lowest BCUT2D eigenvalue weighted by Crippen LogP contribution is -2.50. The smallest absolute Gasteiger partial charge is 0.337 e. The number of carbonyl (C=O) groups excluding carboxylic acids is 1. The Labute approximate surface area is 287 Å². The highest BCUT2D eigenvalue weighted by Crippen LogP contribution is 2.48. The number of aryl methyl sites for hydroxylation is 1. The fourth-order valence-corrected chi connectivity index (χ4v) is 9.49. The van der Waals surface area contributed by atoms with Crippen molar-refractivity contribution in [2.75, 3.05) is 44.6 Å². The molecule has 1 saturated carbocycles. The number of methoxy groups -OCH3 is 2. The van der Waals surface area contributed by atoms with Crippen molar-refractivity contribution < 1.29 is 19.0 Å². The summed E-state index contributed by atoms with van der Waals surface area (Å²) in [6.45, 7) is 2.31. The first-order valence-corrected chi connectivity index (χ1v) is 18.3. The molecule has 0 amide bonds. The van der Waals surface area contributed by atoms with Gasteiger partial charge in [0.1, 0.15) is 5.75 Å². The Kier molecular flexibility index (Phi) is 9.81. The average Bonchev–Trinajstić information content (AvgIpc) is 3.25. The topological polar surface area (TPSA) is 73.8 Å². The lowest BCUT2D eigenvalue weighted by Gasteiger charge is -2.47. The summed E-state index contributed by atoms with van der Waals surface area (Å²) in [5, 5.41) is 1.64. The number of aromatic nitrogens is 2. The number of allylic oxidation sites excluding steroid dienone is 1. The number of carbonyl (C=O) groups is 1. The molecule has 0 N–H and O–H groups in total. The van der Waals surface area contributed by atoms with Crippen molar-refractivity contribution in [1.29, 1.82) is 0 Å². The van der Waals surface area contributed by atoms with Crippen LogP contribution >= 0.6 is 23.4 Å². The Morgan fingerprint density at radius 1 is 1.13 bits per heavy atom. The van der Waals surface area contributed by atoms with Crippen LogP contribution in [0.4, 0.5) is 5.69 Å². The Balaban J connectivity index is 1.11. The third-order valence-corrected chi connectivity index (χ3v) is 12.3. The van der Waals surface area contributed by atoms with Crippen molar-refractivity contribution in [2.45, 2.75) is 68.0 Å². The molecule has 1 spiro atoms. The maximum atomic E-state index is 12.6. The van der Waals surface area contributed by atoms with E-state index in [4.69, 9.17) is 25.8 Å². The number of hydrogen-bond donors (Lipinski definition) is 0. The molecule has 248 valence electrons. The Morgan fingerprint density at radius 3 is 2.74 bits per heavy atom. The van der Waals surface area contributed by atoms with Crippen molar-refractivity contribution in [2.24, 2.45) is 17.8 Å². The minimum atomic E-state index is -0.331. The molecule has 0 bridgehead atoms. The SMILES string of the molecule is COC(=O)c1ccc2c(c1)N(C[C@@H]1CC[C@H]1[C@H](OC)C1=CC[C@@H](CSc3ncccn3)CC1)CC1(CCCc3cc(Cl)ccc31)CO2. The second-order valence-corrected chi connectivity index (χ2v) is 15.1. The number of thioether (sulfide) groups is 1. The number of nitrogens with zero attached hydrogens (tertiary/aromatic N) is 3. The zero-order chi connectivity index (χ0) is 32.4. The van der Waals surface area contributed by atoms with Gasteiger partial charge < -0.3 is 19.1 Å². The second-order valence-electron chi connectivity index (χ2n) is 13.7. The molecule has 47 heavy (non-hydrogen) atoms. The van der Waals surface area contributed by atoms with E-state index in [0.29, 0.717) is 29.9 Å². The number of ether oxygens (including phenoxy) is 3. The number of benzene rings is 2. The van der Waals surface area contributed by atoms with Crippen LogP contribution in [-0.2, 0) is 21.3 Å². The summed E-state index contributed by atoms with van der Waals surface area (Å²) in [5.74, 6) is 3.10. The monoisotopic (exact) mass is 673 g/mol. The normalized spacial score (nSPS) is 25.8. The predicted octanol–water partition coefficient (Wildman–Crippen LogP) is 7.95. The summed E-state index contributed by atoms with van der Waals surface area (Å²) in [4.78, 5) is 23.9. The molecule has 4 aliphatic rings. The number of esters is 1. The largest absolute Gasteiger partial charge is 0.490 e. The van der Waals surface area contributed by atoms with E-state index >= 15 is 0 Å². The summed E-state index contributed by atoms with van der Waals surface area (Å²) in [6, 6.07) is 14.0. The molecule has 1 fully saturated rings. The molecule has 3 aromatic rings. The van der Waals surface area contributed by atoms with Gasteiger partial charge in [-0.15, -0.1) is 0 Å². The third-order valence-electron chi connectivity index (χ3n) is 10.9. The van der Waals surface area contributed by atoms with Crippen LogP contribution < -0.4 is 9.64 Å². The van der Waals surface area contributed by atoms with E-state index in [1.54, 1.807) is 11.8 Å². The van der Waals surface area contributed by atoms with Crippen LogP contribution in [0.2, 0.25) is 5.02 Å². The molecule has 7 rings (SSSR count). The first-order chi connectivity index (χ1) is 23.0. The molecule has 2 heterocycles. The van der Waals surface area contributed by atoms with Crippen LogP contribution in [0.1, 0.15) is 66.4 Å². The third kappa shape index (κ3) is 6.79. The maximum Gasteiger partial charge on any atom is 0.337 e. The van der Waals surface area contributed by atoms with Gasteiger partial charge in [-0.25, -0.2) is 14.8 Å². The van der Waals surface area contributed by atoms with Gasteiger partial charge in [0.15, 0.2) is 5.16 Å². The number of anilines is 1. The van der Waals surface area contributed by atoms with Crippen LogP contribution in [0, 0.1) is 17.8 Å². The molecule has 0 saturated heterocycles. The van der Waals surface area contributed by atoms with Gasteiger partial charge in [-0.1, -0.05) is 35.5 Å². The molecular formula is C38H44ClN3O4S. The van der Waals surface area contributed by atoms with E-state index in [1.165, 1.54) is 30.2 Å². The zero-order valence-electron chi connectivity index (χ0n) is 27.3. The van der Waals surface area contributed by atoms with E-state index in [1.807, 2.05) is 49.8 Å².